The van der Waals surface area contributed by atoms with Gasteiger partial charge in [0.2, 0.25) is 5.91 Å². The Hall–Kier alpha value is -0.650. The van der Waals surface area contributed by atoms with Crippen molar-refractivity contribution in [2.75, 3.05) is 52.5 Å². The van der Waals surface area contributed by atoms with E-state index in [0.29, 0.717) is 12.5 Å². The number of nitrogens with zero attached hydrogens (tertiary/aromatic N) is 2. The maximum absolute atomic E-state index is 12.5. The summed E-state index contributed by atoms with van der Waals surface area (Å²) in [5.41, 5.74) is 5.53. The lowest BCUT2D eigenvalue weighted by Gasteiger charge is -2.28. The van der Waals surface area contributed by atoms with Crippen LogP contribution in [0.25, 0.3) is 0 Å². The third-order valence-corrected chi connectivity index (χ3v) is 4.59. The Morgan fingerprint density at radius 1 is 1.10 bits per heavy atom. The van der Waals surface area contributed by atoms with Gasteiger partial charge in [-0.1, -0.05) is 6.42 Å². The van der Waals surface area contributed by atoms with Gasteiger partial charge in [0, 0.05) is 26.2 Å². The summed E-state index contributed by atoms with van der Waals surface area (Å²) in [6, 6.07) is 0. The standard InChI is InChI=1S/C16H31N3O2/c17-7-2-1-3-8-18-9-5-10-19(12-11-18)16(20)15-6-4-13-21-14-15/h15H,1-14,17H2. The lowest BCUT2D eigenvalue weighted by molar-refractivity contribution is -0.139. The molecule has 2 rings (SSSR count). The first-order chi connectivity index (χ1) is 10.3. The molecule has 1 atom stereocenters. The van der Waals surface area contributed by atoms with Gasteiger partial charge in [-0.2, -0.15) is 0 Å². The van der Waals surface area contributed by atoms with Gasteiger partial charge in [-0.15, -0.1) is 0 Å². The Balaban J connectivity index is 1.71. The van der Waals surface area contributed by atoms with Gasteiger partial charge in [0.15, 0.2) is 0 Å². The van der Waals surface area contributed by atoms with Crippen LogP contribution >= 0.6 is 0 Å². The third kappa shape index (κ3) is 5.57. The second-order valence-corrected chi connectivity index (χ2v) is 6.28. The molecule has 2 heterocycles. The third-order valence-electron chi connectivity index (χ3n) is 4.59. The molecule has 0 aliphatic carbocycles. The fraction of sp³-hybridized carbons (Fsp3) is 0.938. The molecule has 5 nitrogen and oxygen atoms in total. The van der Waals surface area contributed by atoms with Gasteiger partial charge in [-0.25, -0.2) is 0 Å². The number of hydrogen-bond acceptors (Lipinski definition) is 4. The molecule has 0 radical (unpaired) electrons. The second kappa shape index (κ2) is 9.38. The summed E-state index contributed by atoms with van der Waals surface area (Å²) in [5.74, 6) is 0.425. The van der Waals surface area contributed by atoms with Crippen molar-refractivity contribution < 1.29 is 9.53 Å². The number of ether oxygens (including phenoxy) is 1. The first-order valence-corrected chi connectivity index (χ1v) is 8.60. The van der Waals surface area contributed by atoms with Gasteiger partial charge < -0.3 is 20.3 Å². The van der Waals surface area contributed by atoms with Crippen molar-refractivity contribution in [1.29, 1.82) is 0 Å². The molecule has 0 aromatic rings. The molecule has 0 spiro atoms. The SMILES string of the molecule is NCCCCCN1CCCN(C(=O)C2CCCOC2)CC1. The van der Waals surface area contributed by atoms with E-state index in [9.17, 15) is 4.79 Å². The Labute approximate surface area is 128 Å². The second-order valence-electron chi connectivity index (χ2n) is 6.28. The van der Waals surface area contributed by atoms with Gasteiger partial charge in [0.05, 0.1) is 12.5 Å². The Bertz CT molecular complexity index is 306. The molecule has 0 aromatic carbocycles. The minimum Gasteiger partial charge on any atom is -0.381 e. The molecular formula is C16H31N3O2. The summed E-state index contributed by atoms with van der Waals surface area (Å²) >= 11 is 0. The van der Waals surface area contributed by atoms with Crippen LogP contribution in [-0.2, 0) is 9.53 Å². The monoisotopic (exact) mass is 297 g/mol. The molecule has 21 heavy (non-hydrogen) atoms. The lowest BCUT2D eigenvalue weighted by Crippen LogP contribution is -2.41. The fourth-order valence-electron chi connectivity index (χ4n) is 3.27. The molecule has 1 amide bonds. The lowest BCUT2D eigenvalue weighted by atomic mass is 10.0. The molecule has 0 bridgehead atoms. The highest BCUT2D eigenvalue weighted by atomic mass is 16.5. The molecule has 122 valence electrons. The molecule has 5 heteroatoms. The topological polar surface area (TPSA) is 58.8 Å². The number of rotatable bonds is 6. The van der Waals surface area contributed by atoms with Crippen molar-refractivity contribution in [3.8, 4) is 0 Å². The van der Waals surface area contributed by atoms with Crippen LogP contribution in [0.15, 0.2) is 0 Å². The van der Waals surface area contributed by atoms with Crippen molar-refractivity contribution in [3.05, 3.63) is 0 Å². The maximum Gasteiger partial charge on any atom is 0.228 e. The van der Waals surface area contributed by atoms with E-state index in [2.05, 4.69) is 9.80 Å². The molecule has 2 saturated heterocycles. The number of nitrogens with two attached hydrogens (primary N) is 1. The van der Waals surface area contributed by atoms with Crippen LogP contribution in [0.2, 0.25) is 0 Å². The fourth-order valence-corrected chi connectivity index (χ4v) is 3.27. The Morgan fingerprint density at radius 2 is 2.00 bits per heavy atom. The highest BCUT2D eigenvalue weighted by molar-refractivity contribution is 5.79. The van der Waals surface area contributed by atoms with Gasteiger partial charge in [0.1, 0.15) is 0 Å². The quantitative estimate of drug-likeness (QED) is 0.745. The molecule has 2 aliphatic heterocycles. The van der Waals surface area contributed by atoms with Gasteiger partial charge in [-0.3, -0.25) is 4.79 Å². The van der Waals surface area contributed by atoms with Crippen LogP contribution in [-0.4, -0.2) is 68.2 Å². The van der Waals surface area contributed by atoms with E-state index >= 15 is 0 Å². The molecule has 1 unspecified atom stereocenters. The minimum absolute atomic E-state index is 0.106. The van der Waals surface area contributed by atoms with E-state index in [1.807, 2.05) is 0 Å². The van der Waals surface area contributed by atoms with Crippen LogP contribution in [0.4, 0.5) is 0 Å². The Kier molecular flexibility index (Phi) is 7.47. The van der Waals surface area contributed by atoms with E-state index in [1.54, 1.807) is 0 Å². The van der Waals surface area contributed by atoms with Crippen LogP contribution in [0, 0.1) is 5.92 Å². The van der Waals surface area contributed by atoms with Crippen LogP contribution < -0.4 is 5.73 Å². The number of unbranched alkanes of at least 4 members (excludes halogenated alkanes) is 2. The largest absolute Gasteiger partial charge is 0.381 e. The summed E-state index contributed by atoms with van der Waals surface area (Å²) in [5, 5.41) is 0. The predicted molar refractivity (Wildman–Crippen MR) is 84.1 cm³/mol. The first-order valence-electron chi connectivity index (χ1n) is 8.60. The van der Waals surface area contributed by atoms with Crippen LogP contribution in [0.1, 0.15) is 38.5 Å². The van der Waals surface area contributed by atoms with Crippen molar-refractivity contribution >= 4 is 5.91 Å². The van der Waals surface area contributed by atoms with E-state index in [1.165, 1.54) is 12.8 Å². The van der Waals surface area contributed by atoms with Crippen molar-refractivity contribution in [2.24, 2.45) is 11.7 Å². The number of hydrogen-bond donors (Lipinski definition) is 1. The van der Waals surface area contributed by atoms with Crippen molar-refractivity contribution in [1.82, 2.24) is 9.80 Å². The molecule has 2 fully saturated rings. The van der Waals surface area contributed by atoms with E-state index in [0.717, 1.165) is 71.6 Å². The highest BCUT2D eigenvalue weighted by Crippen LogP contribution is 2.17. The summed E-state index contributed by atoms with van der Waals surface area (Å²) in [7, 11) is 0. The van der Waals surface area contributed by atoms with Crippen molar-refractivity contribution in [2.45, 2.75) is 38.5 Å². The van der Waals surface area contributed by atoms with Gasteiger partial charge in [0.25, 0.3) is 0 Å². The van der Waals surface area contributed by atoms with Crippen molar-refractivity contribution in [3.63, 3.8) is 0 Å². The minimum atomic E-state index is 0.106. The number of carbonyl (C=O) groups excluding carboxylic acids is 1. The normalized spacial score (nSPS) is 24.8. The zero-order valence-electron chi connectivity index (χ0n) is 13.3. The average molecular weight is 297 g/mol. The molecule has 0 aromatic heterocycles. The van der Waals surface area contributed by atoms with E-state index in [4.69, 9.17) is 10.5 Å². The maximum atomic E-state index is 12.5. The zero-order chi connectivity index (χ0) is 14.9. The molecular weight excluding hydrogens is 266 g/mol. The van der Waals surface area contributed by atoms with E-state index in [-0.39, 0.29) is 5.92 Å². The number of carbonyl (C=O) groups is 1. The summed E-state index contributed by atoms with van der Waals surface area (Å²) in [6.45, 7) is 7.31. The van der Waals surface area contributed by atoms with Crippen LogP contribution in [0.3, 0.4) is 0 Å². The predicted octanol–water partition coefficient (Wildman–Crippen LogP) is 1.08. The zero-order valence-corrected chi connectivity index (χ0v) is 13.3. The summed E-state index contributed by atoms with van der Waals surface area (Å²) in [4.78, 5) is 17.1. The first kappa shape index (κ1) is 16.7. The average Bonchev–Trinajstić information content (AvgIpc) is 2.77. The van der Waals surface area contributed by atoms with Gasteiger partial charge >= 0.3 is 0 Å². The highest BCUT2D eigenvalue weighted by Gasteiger charge is 2.27. The summed E-state index contributed by atoms with van der Waals surface area (Å²) in [6.07, 6.45) is 6.68. The van der Waals surface area contributed by atoms with E-state index < -0.39 is 0 Å². The molecule has 0 saturated carbocycles. The molecule has 2 aliphatic rings. The van der Waals surface area contributed by atoms with Gasteiger partial charge in [-0.05, 0) is 51.7 Å². The number of amides is 1. The Morgan fingerprint density at radius 3 is 2.76 bits per heavy atom. The smallest absolute Gasteiger partial charge is 0.228 e. The van der Waals surface area contributed by atoms with Crippen LogP contribution in [0.5, 0.6) is 0 Å². The summed E-state index contributed by atoms with van der Waals surface area (Å²) < 4.78 is 5.45. The molecule has 2 N–H and O–H groups in total.